The van der Waals surface area contributed by atoms with E-state index in [1.165, 1.54) is 12.4 Å². The Morgan fingerprint density at radius 3 is 2.23 bits per heavy atom. The number of anilines is 2. The fourth-order valence-electron chi connectivity index (χ4n) is 5.22. The van der Waals surface area contributed by atoms with Gasteiger partial charge in [0.25, 0.3) is 11.5 Å². The number of hydrogen-bond acceptors (Lipinski definition) is 6. The molecule has 0 saturated carbocycles. The Balaban J connectivity index is 1.40. The van der Waals surface area contributed by atoms with Gasteiger partial charge in [-0.05, 0) is 48.6 Å². The van der Waals surface area contributed by atoms with E-state index < -0.39 is 11.6 Å². The molecule has 2 aromatic carbocycles. The topological polar surface area (TPSA) is 163 Å². The number of amides is 4. The standard InChI is InChI=1S/C31H29Cl2N7O4/c1-2-22-25(38-39-29(42)26(22)36-31(44)37-27-23(32)15-35-16-24(27)33)20-7-3-5-18(13-20)19-6-4-8-21(14-19)30(43)40-11-9-17(10-12-40)28(34)41/h3-8,13-17H,2,9-12H2,1H3,(H2,34,41)(H,39,42)(H2,35,36,37,38,44). The maximum Gasteiger partial charge on any atom is 0.323 e. The van der Waals surface area contributed by atoms with Crippen LogP contribution in [-0.4, -0.2) is 51.0 Å². The Hall–Kier alpha value is -4.74. The summed E-state index contributed by atoms with van der Waals surface area (Å²) in [5, 5.41) is 12.2. The number of piperidine rings is 1. The van der Waals surface area contributed by atoms with Crippen LogP contribution in [-0.2, 0) is 11.2 Å². The fraction of sp³-hybridized carbons (Fsp3) is 0.226. The third-order valence-electron chi connectivity index (χ3n) is 7.53. The van der Waals surface area contributed by atoms with Crippen LogP contribution in [0, 0.1) is 5.92 Å². The van der Waals surface area contributed by atoms with Gasteiger partial charge in [-0.3, -0.25) is 19.4 Å². The molecule has 5 N–H and O–H groups in total. The van der Waals surface area contributed by atoms with Crippen molar-refractivity contribution < 1.29 is 14.4 Å². The van der Waals surface area contributed by atoms with Gasteiger partial charge in [0.2, 0.25) is 5.91 Å². The number of halogens is 2. The van der Waals surface area contributed by atoms with Crippen LogP contribution in [0.4, 0.5) is 16.2 Å². The SMILES string of the molecule is CCc1c(-c2cccc(-c3cccc(C(=O)N4CCC(C(N)=O)CC4)c3)c2)n[nH]c(=O)c1NC(=O)Nc1c(Cl)cncc1Cl. The van der Waals surface area contributed by atoms with Crippen molar-refractivity contribution in [1.29, 1.82) is 0 Å². The molecule has 44 heavy (non-hydrogen) atoms. The average molecular weight is 635 g/mol. The fourth-order valence-corrected chi connectivity index (χ4v) is 5.68. The van der Waals surface area contributed by atoms with Crippen LogP contribution in [0.25, 0.3) is 22.4 Å². The molecule has 0 bridgehead atoms. The number of rotatable bonds is 7. The van der Waals surface area contributed by atoms with Crippen molar-refractivity contribution in [2.45, 2.75) is 26.2 Å². The molecule has 1 aliphatic heterocycles. The first-order chi connectivity index (χ1) is 21.2. The minimum absolute atomic E-state index is 0.0365. The normalized spacial score (nSPS) is 13.4. The Kier molecular flexibility index (Phi) is 9.26. The number of hydrogen-bond donors (Lipinski definition) is 4. The van der Waals surface area contributed by atoms with Crippen LogP contribution in [0.3, 0.4) is 0 Å². The number of aromatic amines is 1. The lowest BCUT2D eigenvalue weighted by Crippen LogP contribution is -2.41. The first kappa shape index (κ1) is 30.7. The molecule has 4 aromatic rings. The first-order valence-corrected chi connectivity index (χ1v) is 14.7. The number of H-pyrrole nitrogens is 1. The Bertz CT molecular complexity index is 1780. The number of aromatic nitrogens is 3. The summed E-state index contributed by atoms with van der Waals surface area (Å²) in [6.07, 6.45) is 4.17. The van der Waals surface area contributed by atoms with Gasteiger partial charge in [0.15, 0.2) is 0 Å². The number of urea groups is 1. The van der Waals surface area contributed by atoms with E-state index in [0.29, 0.717) is 54.7 Å². The van der Waals surface area contributed by atoms with Crippen LogP contribution < -0.4 is 21.9 Å². The minimum Gasteiger partial charge on any atom is -0.369 e. The third kappa shape index (κ3) is 6.58. The molecule has 0 spiro atoms. The van der Waals surface area contributed by atoms with Gasteiger partial charge < -0.3 is 21.3 Å². The van der Waals surface area contributed by atoms with Gasteiger partial charge in [0.05, 0.1) is 21.4 Å². The van der Waals surface area contributed by atoms with Crippen LogP contribution in [0.2, 0.25) is 10.0 Å². The summed E-state index contributed by atoms with van der Waals surface area (Å²) in [5.74, 6) is -0.635. The number of primary amides is 1. The number of carbonyl (C=O) groups excluding carboxylic acids is 3. The summed E-state index contributed by atoms with van der Waals surface area (Å²) in [6.45, 7) is 2.80. The van der Waals surface area contributed by atoms with E-state index in [1.54, 1.807) is 11.0 Å². The molecule has 1 aliphatic rings. The quantitative estimate of drug-likeness (QED) is 0.214. The summed E-state index contributed by atoms with van der Waals surface area (Å²) in [5.41, 5.74) is 8.94. The molecule has 11 nitrogen and oxygen atoms in total. The number of nitrogens with two attached hydrogens (primary N) is 1. The molecule has 0 aliphatic carbocycles. The molecule has 0 unspecified atom stereocenters. The summed E-state index contributed by atoms with van der Waals surface area (Å²) in [6, 6.07) is 14.1. The molecular weight excluding hydrogens is 605 g/mol. The molecular formula is C31H29Cl2N7O4. The predicted octanol–water partition coefficient (Wildman–Crippen LogP) is 5.35. The van der Waals surface area contributed by atoms with Gasteiger partial charge in [-0.25, -0.2) is 9.89 Å². The van der Waals surface area contributed by atoms with Crippen molar-refractivity contribution >= 4 is 52.4 Å². The summed E-state index contributed by atoms with van der Waals surface area (Å²) < 4.78 is 0. The number of nitrogens with one attached hydrogen (secondary N) is 3. The highest BCUT2D eigenvalue weighted by Crippen LogP contribution is 2.31. The highest BCUT2D eigenvalue weighted by molar-refractivity contribution is 6.39. The van der Waals surface area contributed by atoms with E-state index in [-0.39, 0.29) is 39.2 Å². The van der Waals surface area contributed by atoms with E-state index in [1.807, 2.05) is 49.4 Å². The third-order valence-corrected chi connectivity index (χ3v) is 8.10. The lowest BCUT2D eigenvalue weighted by Gasteiger charge is -2.30. The molecule has 226 valence electrons. The molecule has 3 heterocycles. The van der Waals surface area contributed by atoms with Crippen molar-refractivity contribution in [1.82, 2.24) is 20.1 Å². The Morgan fingerprint density at radius 2 is 1.57 bits per heavy atom. The molecule has 1 saturated heterocycles. The second-order valence-corrected chi connectivity index (χ2v) is 11.1. The lowest BCUT2D eigenvalue weighted by atomic mass is 9.95. The van der Waals surface area contributed by atoms with Gasteiger partial charge >= 0.3 is 6.03 Å². The van der Waals surface area contributed by atoms with Gasteiger partial charge in [0, 0.05) is 48.1 Å². The van der Waals surface area contributed by atoms with Gasteiger partial charge in [-0.2, -0.15) is 5.10 Å². The van der Waals surface area contributed by atoms with Crippen LogP contribution in [0.5, 0.6) is 0 Å². The lowest BCUT2D eigenvalue weighted by molar-refractivity contribution is -0.123. The monoisotopic (exact) mass is 633 g/mol. The van der Waals surface area contributed by atoms with Gasteiger partial charge in [-0.1, -0.05) is 60.5 Å². The van der Waals surface area contributed by atoms with Gasteiger partial charge in [-0.15, -0.1) is 0 Å². The summed E-state index contributed by atoms with van der Waals surface area (Å²) >= 11 is 12.2. The van der Waals surface area contributed by atoms with E-state index in [2.05, 4.69) is 25.8 Å². The number of benzene rings is 2. The van der Waals surface area contributed by atoms with Crippen molar-refractivity contribution in [2.24, 2.45) is 11.7 Å². The number of carbonyl (C=O) groups is 3. The number of pyridine rings is 1. The largest absolute Gasteiger partial charge is 0.369 e. The highest BCUT2D eigenvalue weighted by atomic mass is 35.5. The van der Waals surface area contributed by atoms with E-state index in [9.17, 15) is 19.2 Å². The van der Waals surface area contributed by atoms with Crippen molar-refractivity contribution in [2.75, 3.05) is 23.7 Å². The molecule has 1 fully saturated rings. The van der Waals surface area contributed by atoms with Crippen molar-refractivity contribution in [3.8, 4) is 22.4 Å². The average Bonchev–Trinajstić information content (AvgIpc) is 3.03. The smallest absolute Gasteiger partial charge is 0.323 e. The Labute approximate surface area is 262 Å². The molecule has 13 heteroatoms. The zero-order valence-corrected chi connectivity index (χ0v) is 25.2. The van der Waals surface area contributed by atoms with Gasteiger partial charge in [0.1, 0.15) is 5.69 Å². The predicted molar refractivity (Wildman–Crippen MR) is 170 cm³/mol. The molecule has 4 amide bonds. The molecule has 2 aromatic heterocycles. The summed E-state index contributed by atoms with van der Waals surface area (Å²) in [4.78, 5) is 56.0. The number of likely N-dealkylation sites (tertiary alicyclic amines) is 1. The molecule has 0 radical (unpaired) electrons. The summed E-state index contributed by atoms with van der Waals surface area (Å²) in [7, 11) is 0. The zero-order chi connectivity index (χ0) is 31.4. The second-order valence-electron chi connectivity index (χ2n) is 10.3. The van der Waals surface area contributed by atoms with Crippen molar-refractivity contribution in [3.05, 3.63) is 92.5 Å². The van der Waals surface area contributed by atoms with Crippen LogP contribution in [0.1, 0.15) is 35.7 Å². The molecule has 0 atom stereocenters. The minimum atomic E-state index is -0.716. The Morgan fingerprint density at radius 1 is 0.955 bits per heavy atom. The second kappa shape index (κ2) is 13.3. The van der Waals surface area contributed by atoms with Crippen LogP contribution >= 0.6 is 23.2 Å². The van der Waals surface area contributed by atoms with E-state index in [0.717, 1.165) is 11.1 Å². The maximum atomic E-state index is 13.3. The van der Waals surface area contributed by atoms with Crippen LogP contribution in [0.15, 0.2) is 65.7 Å². The zero-order valence-electron chi connectivity index (χ0n) is 23.7. The van der Waals surface area contributed by atoms with E-state index >= 15 is 0 Å². The van der Waals surface area contributed by atoms with E-state index in [4.69, 9.17) is 28.9 Å². The highest BCUT2D eigenvalue weighted by Gasteiger charge is 2.26. The van der Waals surface area contributed by atoms with Crippen molar-refractivity contribution in [3.63, 3.8) is 0 Å². The maximum absolute atomic E-state index is 13.3. The number of nitrogens with zero attached hydrogens (tertiary/aromatic N) is 3. The first-order valence-electron chi connectivity index (χ1n) is 13.9. The molecule has 5 rings (SSSR count).